The van der Waals surface area contributed by atoms with Crippen molar-refractivity contribution in [3.8, 4) is 0 Å². The highest BCUT2D eigenvalue weighted by Crippen LogP contribution is 2.53. The molecule has 0 aliphatic heterocycles. The zero-order valence-corrected chi connectivity index (χ0v) is 15.0. The molecule has 2 atom stereocenters. The number of amides is 1. The van der Waals surface area contributed by atoms with E-state index in [1.165, 1.54) is 25.3 Å². The minimum atomic E-state index is -1.07. The molecule has 0 aromatic carbocycles. The van der Waals surface area contributed by atoms with Crippen LogP contribution < -0.4 is 5.32 Å². The number of nitrogens with one attached hydrogen (secondary N) is 1. The van der Waals surface area contributed by atoms with Crippen molar-refractivity contribution in [2.24, 2.45) is 5.41 Å². The SMILES string of the molecule is CCOC1CC(NC(=O)c2cc(C(=O)O)c(CC)o2)C12CCCCC2. The van der Waals surface area contributed by atoms with Crippen LogP contribution in [-0.2, 0) is 11.2 Å². The fourth-order valence-corrected chi connectivity index (χ4v) is 4.48. The first-order chi connectivity index (χ1) is 12.0. The minimum absolute atomic E-state index is 0.0275. The maximum atomic E-state index is 12.6. The van der Waals surface area contributed by atoms with E-state index in [1.807, 2.05) is 13.8 Å². The van der Waals surface area contributed by atoms with Gasteiger partial charge < -0.3 is 19.6 Å². The van der Waals surface area contributed by atoms with E-state index >= 15 is 0 Å². The van der Waals surface area contributed by atoms with Gasteiger partial charge in [0.2, 0.25) is 0 Å². The molecule has 0 bridgehead atoms. The Kier molecular flexibility index (Phi) is 5.18. The molecule has 1 amide bonds. The van der Waals surface area contributed by atoms with Gasteiger partial charge in [-0.1, -0.05) is 26.2 Å². The molecule has 6 nitrogen and oxygen atoms in total. The van der Waals surface area contributed by atoms with Crippen molar-refractivity contribution in [2.75, 3.05) is 6.61 Å². The average molecular weight is 349 g/mol. The Morgan fingerprint density at radius 1 is 1.32 bits per heavy atom. The van der Waals surface area contributed by atoms with Crippen LogP contribution >= 0.6 is 0 Å². The maximum absolute atomic E-state index is 12.6. The lowest BCUT2D eigenvalue weighted by Crippen LogP contribution is -2.65. The number of carbonyl (C=O) groups excluding carboxylic acids is 1. The summed E-state index contributed by atoms with van der Waals surface area (Å²) in [5.41, 5.74) is 0.0977. The minimum Gasteiger partial charge on any atom is -0.478 e. The van der Waals surface area contributed by atoms with Crippen molar-refractivity contribution in [1.82, 2.24) is 5.32 Å². The summed E-state index contributed by atoms with van der Waals surface area (Å²) in [5.74, 6) is -0.971. The second-order valence-electron chi connectivity index (χ2n) is 7.11. The molecular formula is C19H27NO5. The predicted molar refractivity (Wildman–Crippen MR) is 91.8 cm³/mol. The number of carbonyl (C=O) groups is 2. The zero-order chi connectivity index (χ0) is 18.0. The van der Waals surface area contributed by atoms with Gasteiger partial charge in [-0.3, -0.25) is 4.79 Å². The first kappa shape index (κ1) is 18.0. The van der Waals surface area contributed by atoms with E-state index in [0.29, 0.717) is 18.8 Å². The number of ether oxygens (including phenoxy) is 1. The topological polar surface area (TPSA) is 88.8 Å². The molecule has 2 saturated carbocycles. The van der Waals surface area contributed by atoms with E-state index in [-0.39, 0.29) is 34.8 Å². The largest absolute Gasteiger partial charge is 0.478 e. The number of aryl methyl sites for hydroxylation is 1. The number of aromatic carboxylic acids is 1. The van der Waals surface area contributed by atoms with Crippen LogP contribution in [0.2, 0.25) is 0 Å². The van der Waals surface area contributed by atoms with E-state index in [0.717, 1.165) is 19.3 Å². The van der Waals surface area contributed by atoms with Crippen LogP contribution in [0.4, 0.5) is 0 Å². The van der Waals surface area contributed by atoms with Crippen LogP contribution in [-0.4, -0.2) is 35.7 Å². The third-order valence-electron chi connectivity index (χ3n) is 5.83. The summed E-state index contributed by atoms with van der Waals surface area (Å²) in [4.78, 5) is 23.9. The Morgan fingerprint density at radius 2 is 2.04 bits per heavy atom. The highest BCUT2D eigenvalue weighted by Gasteiger charge is 2.56. The molecule has 1 aromatic rings. The predicted octanol–water partition coefficient (Wildman–Crippen LogP) is 3.40. The molecule has 3 rings (SSSR count). The number of hydrogen-bond donors (Lipinski definition) is 2. The molecule has 2 N–H and O–H groups in total. The van der Waals surface area contributed by atoms with Crippen molar-refractivity contribution in [3.63, 3.8) is 0 Å². The van der Waals surface area contributed by atoms with Crippen LogP contribution in [0.25, 0.3) is 0 Å². The van der Waals surface area contributed by atoms with Crippen molar-refractivity contribution >= 4 is 11.9 Å². The average Bonchev–Trinajstić information content (AvgIpc) is 3.06. The summed E-state index contributed by atoms with van der Waals surface area (Å²) in [6, 6.07) is 1.41. The summed E-state index contributed by atoms with van der Waals surface area (Å²) < 4.78 is 11.4. The van der Waals surface area contributed by atoms with Gasteiger partial charge in [-0.05, 0) is 26.2 Å². The van der Waals surface area contributed by atoms with Crippen molar-refractivity contribution < 1.29 is 23.8 Å². The quantitative estimate of drug-likeness (QED) is 0.822. The lowest BCUT2D eigenvalue weighted by atomic mass is 9.55. The molecule has 1 spiro atoms. The van der Waals surface area contributed by atoms with Crippen LogP contribution in [0.1, 0.15) is 79.0 Å². The monoisotopic (exact) mass is 349 g/mol. The van der Waals surface area contributed by atoms with Crippen LogP contribution in [0.5, 0.6) is 0 Å². The second-order valence-corrected chi connectivity index (χ2v) is 7.11. The van der Waals surface area contributed by atoms with E-state index in [2.05, 4.69) is 5.32 Å². The summed E-state index contributed by atoms with van der Waals surface area (Å²) >= 11 is 0. The lowest BCUT2D eigenvalue weighted by Gasteiger charge is -2.57. The molecule has 2 aliphatic rings. The number of hydrogen-bond acceptors (Lipinski definition) is 4. The molecule has 0 radical (unpaired) electrons. The molecule has 25 heavy (non-hydrogen) atoms. The van der Waals surface area contributed by atoms with Gasteiger partial charge in [-0.2, -0.15) is 0 Å². The number of carboxylic acid groups (broad SMARTS) is 1. The Labute approximate surface area is 147 Å². The Hall–Kier alpha value is -1.82. The Balaban J connectivity index is 1.73. The van der Waals surface area contributed by atoms with E-state index in [4.69, 9.17) is 9.15 Å². The summed E-state index contributed by atoms with van der Waals surface area (Å²) in [6.07, 6.45) is 7.17. The molecule has 1 heterocycles. The number of rotatable bonds is 6. The van der Waals surface area contributed by atoms with Gasteiger partial charge in [0.15, 0.2) is 5.76 Å². The van der Waals surface area contributed by atoms with Crippen molar-refractivity contribution in [1.29, 1.82) is 0 Å². The van der Waals surface area contributed by atoms with E-state index in [1.54, 1.807) is 0 Å². The lowest BCUT2D eigenvalue weighted by molar-refractivity contribution is -0.147. The third kappa shape index (κ3) is 3.19. The number of carboxylic acids is 1. The summed E-state index contributed by atoms with van der Waals surface area (Å²) in [7, 11) is 0. The fourth-order valence-electron chi connectivity index (χ4n) is 4.48. The first-order valence-electron chi connectivity index (χ1n) is 9.30. The standard InChI is InChI=1S/C19H27NO5/c1-3-13-12(18(22)23)10-14(25-13)17(21)20-15-11-16(24-4-2)19(15)8-6-5-7-9-19/h10,15-16H,3-9,11H2,1-2H3,(H,20,21)(H,22,23). The molecule has 2 fully saturated rings. The first-order valence-corrected chi connectivity index (χ1v) is 9.30. The van der Waals surface area contributed by atoms with Crippen molar-refractivity contribution in [3.05, 3.63) is 23.2 Å². The fraction of sp³-hybridized carbons (Fsp3) is 0.684. The Morgan fingerprint density at radius 3 is 2.60 bits per heavy atom. The third-order valence-corrected chi connectivity index (χ3v) is 5.83. The van der Waals surface area contributed by atoms with Gasteiger partial charge >= 0.3 is 5.97 Å². The van der Waals surface area contributed by atoms with Gasteiger partial charge in [-0.15, -0.1) is 0 Å². The maximum Gasteiger partial charge on any atom is 0.339 e. The van der Waals surface area contributed by atoms with E-state index < -0.39 is 5.97 Å². The second kappa shape index (κ2) is 7.20. The van der Waals surface area contributed by atoms with Crippen molar-refractivity contribution in [2.45, 2.75) is 70.9 Å². The smallest absolute Gasteiger partial charge is 0.339 e. The van der Waals surface area contributed by atoms with Crippen LogP contribution in [0.15, 0.2) is 10.5 Å². The summed E-state index contributed by atoms with van der Waals surface area (Å²) in [6.45, 7) is 4.50. The molecule has 1 aromatic heterocycles. The molecular weight excluding hydrogens is 322 g/mol. The highest BCUT2D eigenvalue weighted by molar-refractivity contribution is 5.96. The van der Waals surface area contributed by atoms with Crippen LogP contribution in [0.3, 0.4) is 0 Å². The summed E-state index contributed by atoms with van der Waals surface area (Å²) in [5, 5.41) is 12.3. The Bertz CT molecular complexity index is 644. The highest BCUT2D eigenvalue weighted by atomic mass is 16.5. The normalized spacial score (nSPS) is 24.7. The van der Waals surface area contributed by atoms with Gasteiger partial charge in [0.05, 0.1) is 6.10 Å². The molecule has 0 saturated heterocycles. The van der Waals surface area contributed by atoms with Gasteiger partial charge in [0.1, 0.15) is 11.3 Å². The zero-order valence-electron chi connectivity index (χ0n) is 15.0. The molecule has 2 aliphatic carbocycles. The van der Waals surface area contributed by atoms with Gasteiger partial charge in [-0.25, -0.2) is 4.79 Å². The number of furan rings is 1. The van der Waals surface area contributed by atoms with E-state index in [9.17, 15) is 14.7 Å². The van der Waals surface area contributed by atoms with Gasteiger partial charge in [0.25, 0.3) is 5.91 Å². The molecule has 2 unspecified atom stereocenters. The molecule has 6 heteroatoms. The van der Waals surface area contributed by atoms with Gasteiger partial charge in [0, 0.05) is 30.6 Å². The van der Waals surface area contributed by atoms with Crippen LogP contribution in [0, 0.1) is 5.41 Å². The molecule has 138 valence electrons.